The normalized spacial score (nSPS) is 10.4. The predicted molar refractivity (Wildman–Crippen MR) is 122 cm³/mol. The second kappa shape index (κ2) is 10.7. The summed E-state index contributed by atoms with van der Waals surface area (Å²) in [6.45, 7) is 2.48. The van der Waals surface area contributed by atoms with Crippen LogP contribution >= 0.6 is 12.2 Å². The van der Waals surface area contributed by atoms with Crippen molar-refractivity contribution in [2.45, 2.75) is 6.92 Å². The van der Waals surface area contributed by atoms with E-state index in [0.29, 0.717) is 28.8 Å². The molecule has 0 saturated heterocycles. The fraction of sp³-hybridized carbons (Fsp3) is 0.0870. The molecule has 0 amide bonds. The molecule has 0 bridgehead atoms. The van der Waals surface area contributed by atoms with Crippen LogP contribution in [0, 0.1) is 0 Å². The molecule has 3 aromatic rings. The Balaban J connectivity index is 1.50. The van der Waals surface area contributed by atoms with Crippen molar-refractivity contribution < 1.29 is 14.3 Å². The first-order chi connectivity index (χ1) is 14.6. The summed E-state index contributed by atoms with van der Waals surface area (Å²) in [5.74, 6) is 0.725. The Bertz CT molecular complexity index is 1000. The zero-order chi connectivity index (χ0) is 21.2. The minimum Gasteiger partial charge on any atom is -0.494 e. The monoisotopic (exact) mass is 419 g/mol. The summed E-state index contributed by atoms with van der Waals surface area (Å²) in [6.07, 6.45) is 1.62. The lowest BCUT2D eigenvalue weighted by Crippen LogP contribution is -2.23. The van der Waals surface area contributed by atoms with Gasteiger partial charge in [0.1, 0.15) is 11.5 Å². The summed E-state index contributed by atoms with van der Waals surface area (Å²) < 4.78 is 10.8. The molecule has 6 nitrogen and oxygen atoms in total. The smallest absolute Gasteiger partial charge is 0.343 e. The molecular weight excluding hydrogens is 398 g/mol. The van der Waals surface area contributed by atoms with Crippen LogP contribution in [0.4, 0.5) is 5.69 Å². The van der Waals surface area contributed by atoms with Crippen LogP contribution in [0.25, 0.3) is 0 Å². The van der Waals surface area contributed by atoms with Crippen LogP contribution in [0.5, 0.6) is 11.5 Å². The van der Waals surface area contributed by atoms with Crippen molar-refractivity contribution in [2.24, 2.45) is 5.10 Å². The van der Waals surface area contributed by atoms with Gasteiger partial charge in [0.25, 0.3) is 0 Å². The molecule has 0 aliphatic heterocycles. The lowest BCUT2D eigenvalue weighted by Gasteiger charge is -2.07. The molecular formula is C23H21N3O3S. The van der Waals surface area contributed by atoms with E-state index in [1.165, 1.54) is 0 Å². The van der Waals surface area contributed by atoms with Crippen molar-refractivity contribution >= 4 is 35.2 Å². The highest BCUT2D eigenvalue weighted by Crippen LogP contribution is 2.16. The third-order valence-corrected chi connectivity index (χ3v) is 4.10. The topological polar surface area (TPSA) is 72.0 Å². The minimum atomic E-state index is -0.432. The average Bonchev–Trinajstić information content (AvgIpc) is 2.76. The Morgan fingerprint density at radius 1 is 0.967 bits per heavy atom. The number of anilines is 1. The first kappa shape index (κ1) is 21.0. The van der Waals surface area contributed by atoms with Gasteiger partial charge in [0, 0.05) is 5.69 Å². The Morgan fingerprint density at radius 3 is 2.30 bits per heavy atom. The number of nitrogens with one attached hydrogen (secondary N) is 2. The molecule has 0 heterocycles. The second-order valence-electron chi connectivity index (χ2n) is 6.11. The van der Waals surface area contributed by atoms with E-state index in [4.69, 9.17) is 21.7 Å². The Morgan fingerprint density at radius 2 is 1.63 bits per heavy atom. The largest absolute Gasteiger partial charge is 0.494 e. The number of para-hydroxylation sites is 1. The number of carbonyl (C=O) groups is 1. The first-order valence-electron chi connectivity index (χ1n) is 9.34. The molecule has 3 aromatic carbocycles. The lowest BCUT2D eigenvalue weighted by atomic mass is 10.2. The maximum Gasteiger partial charge on any atom is 0.343 e. The van der Waals surface area contributed by atoms with E-state index in [9.17, 15) is 4.79 Å². The Kier molecular flexibility index (Phi) is 7.51. The van der Waals surface area contributed by atoms with Gasteiger partial charge in [-0.05, 0) is 85.4 Å². The molecule has 0 spiro atoms. The highest BCUT2D eigenvalue weighted by molar-refractivity contribution is 7.80. The van der Waals surface area contributed by atoms with Gasteiger partial charge in [-0.2, -0.15) is 5.10 Å². The van der Waals surface area contributed by atoms with E-state index < -0.39 is 5.97 Å². The van der Waals surface area contributed by atoms with E-state index in [1.54, 1.807) is 54.7 Å². The van der Waals surface area contributed by atoms with Crippen molar-refractivity contribution in [3.63, 3.8) is 0 Å². The molecule has 3 rings (SSSR count). The zero-order valence-corrected chi connectivity index (χ0v) is 17.2. The van der Waals surface area contributed by atoms with Gasteiger partial charge in [-0.15, -0.1) is 0 Å². The van der Waals surface area contributed by atoms with Crippen LogP contribution in [0.15, 0.2) is 84.0 Å². The fourth-order valence-electron chi connectivity index (χ4n) is 2.49. The number of hydrogen-bond donors (Lipinski definition) is 2. The SMILES string of the molecule is CCOc1ccc(C(=O)Oc2ccc(/C=N/NC(=S)Nc3ccccc3)cc2)cc1. The molecule has 0 aliphatic carbocycles. The number of nitrogens with zero attached hydrogens (tertiary/aromatic N) is 1. The number of thiocarbonyl (C=S) groups is 1. The van der Waals surface area contributed by atoms with Crippen molar-refractivity contribution in [3.8, 4) is 11.5 Å². The van der Waals surface area contributed by atoms with Crippen LogP contribution in [-0.4, -0.2) is 23.9 Å². The van der Waals surface area contributed by atoms with Gasteiger partial charge in [-0.1, -0.05) is 18.2 Å². The molecule has 0 unspecified atom stereocenters. The number of hydrazone groups is 1. The summed E-state index contributed by atoms with van der Waals surface area (Å²) >= 11 is 5.19. The number of hydrogen-bond acceptors (Lipinski definition) is 5. The molecule has 0 aliphatic rings. The summed E-state index contributed by atoms with van der Waals surface area (Å²) in [5.41, 5.74) is 4.91. The van der Waals surface area contributed by atoms with Gasteiger partial charge in [-0.3, -0.25) is 5.43 Å². The number of esters is 1. The molecule has 0 aromatic heterocycles. The maximum absolute atomic E-state index is 12.2. The highest BCUT2D eigenvalue weighted by Gasteiger charge is 2.08. The number of rotatable bonds is 7. The fourth-order valence-corrected chi connectivity index (χ4v) is 2.66. The average molecular weight is 420 g/mol. The lowest BCUT2D eigenvalue weighted by molar-refractivity contribution is 0.0734. The Hall–Kier alpha value is -3.71. The molecule has 0 radical (unpaired) electrons. The minimum absolute atomic E-state index is 0.387. The second-order valence-corrected chi connectivity index (χ2v) is 6.51. The summed E-state index contributed by atoms with van der Waals surface area (Å²) in [4.78, 5) is 12.2. The highest BCUT2D eigenvalue weighted by atomic mass is 32.1. The van der Waals surface area contributed by atoms with Gasteiger partial charge < -0.3 is 14.8 Å². The first-order valence-corrected chi connectivity index (χ1v) is 9.75. The van der Waals surface area contributed by atoms with Crippen LogP contribution in [0.1, 0.15) is 22.8 Å². The molecule has 30 heavy (non-hydrogen) atoms. The Labute approximate surface area is 180 Å². The van der Waals surface area contributed by atoms with E-state index in [2.05, 4.69) is 15.8 Å². The van der Waals surface area contributed by atoms with Crippen LogP contribution in [-0.2, 0) is 0 Å². The van der Waals surface area contributed by atoms with Gasteiger partial charge in [0.05, 0.1) is 18.4 Å². The van der Waals surface area contributed by atoms with Crippen molar-refractivity contribution in [3.05, 3.63) is 90.0 Å². The standard InChI is InChI=1S/C23H21N3O3S/c1-2-28-20-14-10-18(11-15-20)22(27)29-21-12-8-17(9-13-21)16-24-26-23(30)25-19-6-4-3-5-7-19/h3-16H,2H2,1H3,(H2,25,26,30)/b24-16+. The van der Waals surface area contributed by atoms with Crippen LogP contribution in [0.2, 0.25) is 0 Å². The maximum atomic E-state index is 12.2. The predicted octanol–water partition coefficient (Wildman–Crippen LogP) is 4.63. The van der Waals surface area contributed by atoms with E-state index >= 15 is 0 Å². The van der Waals surface area contributed by atoms with E-state index in [-0.39, 0.29) is 0 Å². The molecule has 0 fully saturated rings. The van der Waals surface area contributed by atoms with Crippen LogP contribution in [0.3, 0.4) is 0 Å². The number of benzene rings is 3. The number of carbonyl (C=O) groups excluding carboxylic acids is 1. The summed E-state index contributed by atoms with van der Waals surface area (Å²) in [7, 11) is 0. The summed E-state index contributed by atoms with van der Waals surface area (Å²) in [6, 6.07) is 23.4. The zero-order valence-electron chi connectivity index (χ0n) is 16.4. The number of ether oxygens (including phenoxy) is 2. The van der Waals surface area contributed by atoms with Gasteiger partial charge in [0.15, 0.2) is 5.11 Å². The van der Waals surface area contributed by atoms with E-state index in [0.717, 1.165) is 11.3 Å². The van der Waals surface area contributed by atoms with Crippen molar-refractivity contribution in [1.82, 2.24) is 5.43 Å². The molecule has 0 atom stereocenters. The quantitative estimate of drug-likeness (QED) is 0.191. The third-order valence-electron chi connectivity index (χ3n) is 3.90. The van der Waals surface area contributed by atoms with Crippen molar-refractivity contribution in [1.29, 1.82) is 0 Å². The third kappa shape index (κ3) is 6.42. The van der Waals surface area contributed by atoms with Gasteiger partial charge in [0.2, 0.25) is 0 Å². The summed E-state index contributed by atoms with van der Waals surface area (Å²) in [5, 5.41) is 7.51. The van der Waals surface area contributed by atoms with Gasteiger partial charge in [-0.25, -0.2) is 4.79 Å². The molecule has 2 N–H and O–H groups in total. The van der Waals surface area contributed by atoms with Crippen molar-refractivity contribution in [2.75, 3.05) is 11.9 Å². The molecule has 152 valence electrons. The molecule has 0 saturated carbocycles. The van der Waals surface area contributed by atoms with Gasteiger partial charge >= 0.3 is 5.97 Å². The van der Waals surface area contributed by atoms with Crippen LogP contribution < -0.4 is 20.2 Å². The van der Waals surface area contributed by atoms with E-state index in [1.807, 2.05) is 37.3 Å². The molecule has 7 heteroatoms.